The van der Waals surface area contributed by atoms with E-state index < -0.39 is 0 Å². The van der Waals surface area contributed by atoms with Crippen molar-refractivity contribution in [2.75, 3.05) is 13.1 Å². The molecule has 2 aliphatic carbocycles. The van der Waals surface area contributed by atoms with Crippen LogP contribution in [0, 0.1) is 11.8 Å². The van der Waals surface area contributed by atoms with Gasteiger partial charge in [-0.25, -0.2) is 0 Å². The molecule has 102 valence electrons. The SMILES string of the molecule is C1CC(NC2CCN3CCCC23)CC(C2CC2)C1. The molecule has 0 aromatic rings. The number of nitrogens with zero attached hydrogens (tertiary/aromatic N) is 1. The first kappa shape index (κ1) is 11.7. The Labute approximate surface area is 111 Å². The zero-order valence-corrected chi connectivity index (χ0v) is 11.6. The van der Waals surface area contributed by atoms with Crippen LogP contribution in [0.4, 0.5) is 0 Å². The van der Waals surface area contributed by atoms with Crippen molar-refractivity contribution in [3.05, 3.63) is 0 Å². The van der Waals surface area contributed by atoms with Crippen molar-refractivity contribution in [3.8, 4) is 0 Å². The number of rotatable bonds is 3. The van der Waals surface area contributed by atoms with Gasteiger partial charge in [-0.05, 0) is 63.3 Å². The first-order chi connectivity index (χ1) is 8.90. The van der Waals surface area contributed by atoms with Crippen molar-refractivity contribution in [3.63, 3.8) is 0 Å². The first-order valence-electron chi connectivity index (χ1n) is 8.40. The Balaban J connectivity index is 1.33. The maximum atomic E-state index is 4.06. The lowest BCUT2D eigenvalue weighted by atomic mass is 9.82. The Morgan fingerprint density at radius 2 is 1.72 bits per heavy atom. The van der Waals surface area contributed by atoms with E-state index in [9.17, 15) is 0 Å². The molecule has 2 saturated heterocycles. The van der Waals surface area contributed by atoms with Gasteiger partial charge in [-0.15, -0.1) is 0 Å². The van der Waals surface area contributed by atoms with Crippen LogP contribution in [-0.4, -0.2) is 36.1 Å². The molecule has 0 aromatic carbocycles. The summed E-state index contributed by atoms with van der Waals surface area (Å²) in [5.41, 5.74) is 0. The molecular weight excluding hydrogens is 220 g/mol. The van der Waals surface area contributed by atoms with Gasteiger partial charge in [-0.3, -0.25) is 4.90 Å². The van der Waals surface area contributed by atoms with E-state index in [2.05, 4.69) is 10.2 Å². The fraction of sp³-hybridized carbons (Fsp3) is 1.00. The predicted molar refractivity (Wildman–Crippen MR) is 74.6 cm³/mol. The third-order valence-electron chi connectivity index (χ3n) is 6.06. The molecule has 2 heteroatoms. The number of hydrogen-bond acceptors (Lipinski definition) is 2. The Morgan fingerprint density at radius 3 is 2.61 bits per heavy atom. The van der Waals surface area contributed by atoms with Crippen molar-refractivity contribution in [1.82, 2.24) is 10.2 Å². The number of nitrogens with one attached hydrogen (secondary N) is 1. The maximum Gasteiger partial charge on any atom is 0.0250 e. The molecule has 0 radical (unpaired) electrons. The molecule has 0 spiro atoms. The van der Waals surface area contributed by atoms with Gasteiger partial charge in [0.1, 0.15) is 0 Å². The predicted octanol–water partition coefficient (Wildman–Crippen LogP) is 2.78. The molecule has 4 rings (SSSR count). The van der Waals surface area contributed by atoms with Gasteiger partial charge in [0.15, 0.2) is 0 Å². The fourth-order valence-electron chi connectivity index (χ4n) is 4.95. The Hall–Kier alpha value is -0.0800. The second kappa shape index (κ2) is 4.79. The van der Waals surface area contributed by atoms with Crippen LogP contribution in [-0.2, 0) is 0 Å². The lowest BCUT2D eigenvalue weighted by molar-refractivity contribution is 0.227. The van der Waals surface area contributed by atoms with Crippen molar-refractivity contribution in [2.45, 2.75) is 75.9 Å². The third kappa shape index (κ3) is 2.22. The molecule has 4 atom stereocenters. The lowest BCUT2D eigenvalue weighted by Gasteiger charge is -2.33. The van der Waals surface area contributed by atoms with Gasteiger partial charge in [0.05, 0.1) is 0 Å². The Bertz CT molecular complexity index is 299. The summed E-state index contributed by atoms with van der Waals surface area (Å²) in [5, 5.41) is 4.06. The summed E-state index contributed by atoms with van der Waals surface area (Å²) in [5.74, 6) is 2.21. The molecule has 1 N–H and O–H groups in total. The molecule has 0 aromatic heterocycles. The van der Waals surface area contributed by atoms with Gasteiger partial charge >= 0.3 is 0 Å². The largest absolute Gasteiger partial charge is 0.310 e. The zero-order chi connectivity index (χ0) is 11.9. The van der Waals surface area contributed by atoms with Crippen LogP contribution in [0.3, 0.4) is 0 Å². The van der Waals surface area contributed by atoms with Crippen LogP contribution in [0.15, 0.2) is 0 Å². The van der Waals surface area contributed by atoms with Gasteiger partial charge < -0.3 is 5.32 Å². The molecule has 4 fully saturated rings. The van der Waals surface area contributed by atoms with Gasteiger partial charge in [-0.2, -0.15) is 0 Å². The summed E-state index contributed by atoms with van der Waals surface area (Å²) in [6, 6.07) is 2.58. The summed E-state index contributed by atoms with van der Waals surface area (Å²) in [6.45, 7) is 2.74. The molecule has 2 heterocycles. The van der Waals surface area contributed by atoms with E-state index in [1.807, 2.05) is 0 Å². The van der Waals surface area contributed by atoms with E-state index in [1.54, 1.807) is 0 Å². The van der Waals surface area contributed by atoms with Crippen LogP contribution in [0.25, 0.3) is 0 Å². The summed E-state index contributed by atoms with van der Waals surface area (Å²) in [6.07, 6.45) is 13.3. The van der Waals surface area contributed by atoms with Gasteiger partial charge in [-0.1, -0.05) is 12.8 Å². The second-order valence-corrected chi connectivity index (χ2v) is 7.27. The quantitative estimate of drug-likeness (QED) is 0.826. The Morgan fingerprint density at radius 1 is 0.778 bits per heavy atom. The maximum absolute atomic E-state index is 4.06. The molecule has 4 unspecified atom stereocenters. The standard InChI is InChI=1S/C16H28N2/c1-3-13(12-6-7-12)11-14(4-1)17-15-8-10-18-9-2-5-16(15)18/h12-17H,1-11H2. The minimum Gasteiger partial charge on any atom is -0.310 e. The van der Waals surface area contributed by atoms with E-state index in [0.717, 1.165) is 30.0 Å². The van der Waals surface area contributed by atoms with Crippen molar-refractivity contribution >= 4 is 0 Å². The molecule has 18 heavy (non-hydrogen) atoms. The lowest BCUT2D eigenvalue weighted by Crippen LogP contribution is -2.46. The van der Waals surface area contributed by atoms with Gasteiger partial charge in [0.2, 0.25) is 0 Å². The van der Waals surface area contributed by atoms with E-state index in [0.29, 0.717) is 0 Å². The average Bonchev–Trinajstić information content (AvgIpc) is 3.02. The molecule has 2 aliphatic heterocycles. The third-order valence-corrected chi connectivity index (χ3v) is 6.06. The van der Waals surface area contributed by atoms with E-state index >= 15 is 0 Å². The van der Waals surface area contributed by atoms with E-state index in [1.165, 1.54) is 70.9 Å². The van der Waals surface area contributed by atoms with Crippen LogP contribution < -0.4 is 5.32 Å². The van der Waals surface area contributed by atoms with E-state index in [-0.39, 0.29) is 0 Å². The number of hydrogen-bond donors (Lipinski definition) is 1. The molecular formula is C16H28N2. The first-order valence-corrected chi connectivity index (χ1v) is 8.40. The fourth-order valence-corrected chi connectivity index (χ4v) is 4.95. The smallest absolute Gasteiger partial charge is 0.0250 e. The highest BCUT2D eigenvalue weighted by Gasteiger charge is 2.40. The minimum atomic E-state index is 0.829. The van der Waals surface area contributed by atoms with Crippen molar-refractivity contribution in [1.29, 1.82) is 0 Å². The highest BCUT2D eigenvalue weighted by atomic mass is 15.2. The van der Waals surface area contributed by atoms with Gasteiger partial charge in [0, 0.05) is 24.7 Å². The summed E-state index contributed by atoms with van der Waals surface area (Å²) in [7, 11) is 0. The van der Waals surface area contributed by atoms with Gasteiger partial charge in [0.25, 0.3) is 0 Å². The minimum absolute atomic E-state index is 0.829. The summed E-state index contributed by atoms with van der Waals surface area (Å²) < 4.78 is 0. The Kier molecular flexibility index (Phi) is 3.12. The molecule has 4 aliphatic rings. The summed E-state index contributed by atoms with van der Waals surface area (Å²) >= 11 is 0. The average molecular weight is 248 g/mol. The summed E-state index contributed by atoms with van der Waals surface area (Å²) in [4.78, 5) is 2.73. The molecule has 0 amide bonds. The van der Waals surface area contributed by atoms with Crippen LogP contribution >= 0.6 is 0 Å². The normalized spacial score (nSPS) is 45.3. The zero-order valence-electron chi connectivity index (χ0n) is 11.6. The van der Waals surface area contributed by atoms with Crippen LogP contribution in [0.1, 0.15) is 57.8 Å². The highest BCUT2D eigenvalue weighted by Crippen LogP contribution is 2.44. The highest BCUT2D eigenvalue weighted by molar-refractivity contribution is 4.98. The monoisotopic (exact) mass is 248 g/mol. The second-order valence-electron chi connectivity index (χ2n) is 7.27. The molecule has 2 saturated carbocycles. The molecule has 0 bridgehead atoms. The van der Waals surface area contributed by atoms with Crippen LogP contribution in [0.5, 0.6) is 0 Å². The van der Waals surface area contributed by atoms with E-state index in [4.69, 9.17) is 0 Å². The topological polar surface area (TPSA) is 15.3 Å². The van der Waals surface area contributed by atoms with Crippen LogP contribution in [0.2, 0.25) is 0 Å². The van der Waals surface area contributed by atoms with Crippen molar-refractivity contribution in [2.24, 2.45) is 11.8 Å². The number of fused-ring (bicyclic) bond motifs is 1. The van der Waals surface area contributed by atoms with Crippen molar-refractivity contribution < 1.29 is 0 Å². The molecule has 2 nitrogen and oxygen atoms in total.